The Labute approximate surface area is 213 Å². The third-order valence-electron chi connectivity index (χ3n) is 5.46. The fourth-order valence-corrected chi connectivity index (χ4v) is 3.42. The van der Waals surface area contributed by atoms with E-state index in [0.29, 0.717) is 6.42 Å². The highest BCUT2D eigenvalue weighted by molar-refractivity contribution is 5.94. The zero-order valence-corrected chi connectivity index (χ0v) is 23.0. The zero-order valence-electron chi connectivity index (χ0n) is 23.0. The number of carbonyl (C=O) groups is 5. The van der Waals surface area contributed by atoms with Crippen LogP contribution in [0.15, 0.2) is 0 Å². The predicted molar refractivity (Wildman–Crippen MR) is 132 cm³/mol. The van der Waals surface area contributed by atoms with Crippen LogP contribution in [0.1, 0.15) is 81.6 Å². The van der Waals surface area contributed by atoms with Crippen molar-refractivity contribution in [1.82, 2.24) is 16.0 Å². The maximum absolute atomic E-state index is 12.7. The van der Waals surface area contributed by atoms with Crippen molar-refractivity contribution in [3.05, 3.63) is 0 Å². The van der Waals surface area contributed by atoms with Gasteiger partial charge in [0.15, 0.2) is 6.10 Å². The minimum atomic E-state index is -0.995. The summed E-state index contributed by atoms with van der Waals surface area (Å²) in [6, 6.07) is -1.96. The number of amides is 3. The van der Waals surface area contributed by atoms with Crippen LogP contribution in [0, 0.1) is 11.8 Å². The first-order valence-electron chi connectivity index (χ1n) is 12.5. The van der Waals surface area contributed by atoms with E-state index in [0.717, 1.165) is 6.42 Å². The lowest BCUT2D eigenvalue weighted by molar-refractivity contribution is -0.193. The standard InChI is InChI=1S/C25H43N3O8/c1-10-14(2)17-18(34-22(17)32)20(30)26-13-11-12-16(21(31)35-24(4,5)6)28-19(29)15(3)27-23(33)36-25(7,8)9/h14-18H,10-13H2,1-9H3,(H,26,30)(H,27,33)(H,28,29)/t14-,15-,16-,17-,18+/m0/s1. The second kappa shape index (κ2) is 12.9. The molecule has 36 heavy (non-hydrogen) atoms. The van der Waals surface area contributed by atoms with Gasteiger partial charge in [0.2, 0.25) is 5.91 Å². The molecule has 1 rings (SSSR count). The molecule has 0 spiro atoms. The number of rotatable bonds is 11. The summed E-state index contributed by atoms with van der Waals surface area (Å²) in [6.45, 7) is 15.8. The van der Waals surface area contributed by atoms with Gasteiger partial charge in [0, 0.05) is 6.54 Å². The lowest BCUT2D eigenvalue weighted by atomic mass is 9.83. The Hall–Kier alpha value is -2.85. The quantitative estimate of drug-likeness (QED) is 0.216. The van der Waals surface area contributed by atoms with E-state index in [2.05, 4.69) is 16.0 Å². The fourth-order valence-electron chi connectivity index (χ4n) is 3.42. The van der Waals surface area contributed by atoms with Crippen LogP contribution in [0.4, 0.5) is 4.79 Å². The van der Waals surface area contributed by atoms with Gasteiger partial charge in [0.05, 0.1) is 0 Å². The van der Waals surface area contributed by atoms with Crippen molar-refractivity contribution in [1.29, 1.82) is 0 Å². The first-order chi connectivity index (χ1) is 16.4. The first-order valence-corrected chi connectivity index (χ1v) is 12.5. The number of cyclic esters (lactones) is 1. The van der Waals surface area contributed by atoms with Gasteiger partial charge in [-0.05, 0) is 67.2 Å². The van der Waals surface area contributed by atoms with Crippen molar-refractivity contribution in [3.63, 3.8) is 0 Å². The van der Waals surface area contributed by atoms with Crippen molar-refractivity contribution in [2.45, 2.75) is 111 Å². The molecule has 0 radical (unpaired) electrons. The molecule has 206 valence electrons. The number of carbonyl (C=O) groups excluding carboxylic acids is 5. The Balaban J connectivity index is 2.67. The third-order valence-corrected chi connectivity index (χ3v) is 5.46. The third kappa shape index (κ3) is 10.4. The molecule has 0 aromatic heterocycles. The largest absolute Gasteiger partial charge is 0.458 e. The number of nitrogens with one attached hydrogen (secondary N) is 3. The van der Waals surface area contributed by atoms with E-state index < -0.39 is 53.3 Å². The number of alkyl carbamates (subject to hydrolysis) is 1. The molecule has 11 nitrogen and oxygen atoms in total. The number of esters is 2. The monoisotopic (exact) mass is 513 g/mol. The molecule has 0 unspecified atom stereocenters. The number of hydrogen-bond acceptors (Lipinski definition) is 8. The summed E-state index contributed by atoms with van der Waals surface area (Å²) in [5.41, 5.74) is -1.50. The Morgan fingerprint density at radius 2 is 1.56 bits per heavy atom. The minimum Gasteiger partial charge on any atom is -0.458 e. The molecular formula is C25H43N3O8. The summed E-state index contributed by atoms with van der Waals surface area (Å²) in [6.07, 6.45) is -0.289. The van der Waals surface area contributed by atoms with E-state index in [1.807, 2.05) is 13.8 Å². The van der Waals surface area contributed by atoms with Crippen LogP contribution in [0.25, 0.3) is 0 Å². The highest BCUT2D eigenvalue weighted by Crippen LogP contribution is 2.31. The second-order valence-corrected chi connectivity index (χ2v) is 11.2. The SMILES string of the molecule is CC[C@H](C)[C@@H]1C(=O)O[C@H]1C(=O)NCCC[C@H](NC(=O)[C@H](C)NC(=O)OC(C)(C)C)C(=O)OC(C)(C)C. The van der Waals surface area contributed by atoms with Crippen molar-refractivity contribution in [2.24, 2.45) is 11.8 Å². The van der Waals surface area contributed by atoms with Gasteiger partial charge in [-0.3, -0.25) is 14.4 Å². The van der Waals surface area contributed by atoms with Crippen molar-refractivity contribution in [3.8, 4) is 0 Å². The summed E-state index contributed by atoms with van der Waals surface area (Å²) in [5.74, 6) is -2.39. The molecule has 3 amide bonds. The molecule has 3 N–H and O–H groups in total. The molecule has 0 aliphatic carbocycles. The number of ether oxygens (including phenoxy) is 3. The maximum atomic E-state index is 12.7. The van der Waals surface area contributed by atoms with Crippen LogP contribution >= 0.6 is 0 Å². The van der Waals surface area contributed by atoms with Gasteiger partial charge >= 0.3 is 18.0 Å². The normalized spacial score (nSPS) is 20.1. The van der Waals surface area contributed by atoms with E-state index >= 15 is 0 Å². The average Bonchev–Trinajstić information content (AvgIpc) is 2.70. The highest BCUT2D eigenvalue weighted by atomic mass is 16.6. The summed E-state index contributed by atoms with van der Waals surface area (Å²) in [4.78, 5) is 61.5. The van der Waals surface area contributed by atoms with Gasteiger partial charge < -0.3 is 30.2 Å². The average molecular weight is 514 g/mol. The molecule has 0 aromatic rings. The second-order valence-electron chi connectivity index (χ2n) is 11.2. The Morgan fingerprint density at radius 3 is 2.06 bits per heavy atom. The van der Waals surface area contributed by atoms with E-state index in [1.165, 1.54) is 6.92 Å². The smallest absolute Gasteiger partial charge is 0.408 e. The zero-order chi connectivity index (χ0) is 27.8. The van der Waals surface area contributed by atoms with Crippen LogP contribution < -0.4 is 16.0 Å². The predicted octanol–water partition coefficient (Wildman–Crippen LogP) is 2.21. The van der Waals surface area contributed by atoms with Gasteiger partial charge in [-0.2, -0.15) is 0 Å². The lowest BCUT2D eigenvalue weighted by Gasteiger charge is -2.37. The summed E-state index contributed by atoms with van der Waals surface area (Å²) in [5, 5.41) is 7.77. The minimum absolute atomic E-state index is 0.0324. The summed E-state index contributed by atoms with van der Waals surface area (Å²) < 4.78 is 15.6. The van der Waals surface area contributed by atoms with Crippen LogP contribution in [-0.2, 0) is 33.4 Å². The molecule has 1 aliphatic rings. The van der Waals surface area contributed by atoms with E-state index in [9.17, 15) is 24.0 Å². The molecule has 1 fully saturated rings. The van der Waals surface area contributed by atoms with Gasteiger partial charge in [0.25, 0.3) is 5.91 Å². The molecular weight excluding hydrogens is 470 g/mol. The molecule has 0 bridgehead atoms. The van der Waals surface area contributed by atoms with Crippen molar-refractivity contribution >= 4 is 29.8 Å². The van der Waals surface area contributed by atoms with Crippen LogP contribution in [0.5, 0.6) is 0 Å². The molecule has 1 aliphatic heterocycles. The van der Waals surface area contributed by atoms with Crippen LogP contribution in [0.2, 0.25) is 0 Å². The van der Waals surface area contributed by atoms with E-state index in [4.69, 9.17) is 14.2 Å². The Bertz CT molecular complexity index is 815. The Morgan fingerprint density at radius 1 is 0.972 bits per heavy atom. The maximum Gasteiger partial charge on any atom is 0.408 e. The number of hydrogen-bond donors (Lipinski definition) is 3. The van der Waals surface area contributed by atoms with Gasteiger partial charge in [-0.1, -0.05) is 20.3 Å². The molecule has 1 saturated heterocycles. The van der Waals surface area contributed by atoms with E-state index in [1.54, 1.807) is 41.5 Å². The summed E-state index contributed by atoms with van der Waals surface area (Å²) >= 11 is 0. The van der Waals surface area contributed by atoms with Crippen molar-refractivity contribution in [2.75, 3.05) is 6.54 Å². The topological polar surface area (TPSA) is 149 Å². The highest BCUT2D eigenvalue weighted by Gasteiger charge is 2.49. The molecule has 0 saturated carbocycles. The molecule has 0 aromatic carbocycles. The molecule has 11 heteroatoms. The molecule has 5 atom stereocenters. The van der Waals surface area contributed by atoms with Crippen LogP contribution in [0.3, 0.4) is 0 Å². The van der Waals surface area contributed by atoms with E-state index in [-0.39, 0.29) is 30.8 Å². The van der Waals surface area contributed by atoms with Gasteiger partial charge in [-0.15, -0.1) is 0 Å². The summed E-state index contributed by atoms with van der Waals surface area (Å²) in [7, 11) is 0. The van der Waals surface area contributed by atoms with Crippen molar-refractivity contribution < 1.29 is 38.2 Å². The van der Waals surface area contributed by atoms with Gasteiger partial charge in [-0.25, -0.2) is 9.59 Å². The van der Waals surface area contributed by atoms with Crippen LogP contribution in [-0.4, -0.2) is 65.8 Å². The Kier molecular flexibility index (Phi) is 11.2. The van der Waals surface area contributed by atoms with Gasteiger partial charge in [0.1, 0.15) is 29.2 Å². The molecule has 1 heterocycles. The fraction of sp³-hybridized carbons (Fsp3) is 0.800. The lowest BCUT2D eigenvalue weighted by Crippen LogP contribution is -2.56. The first kappa shape index (κ1) is 31.2.